The first kappa shape index (κ1) is 8.71. The van der Waals surface area contributed by atoms with E-state index in [1.165, 1.54) is 0 Å². The van der Waals surface area contributed by atoms with Crippen LogP contribution in [0.1, 0.15) is 5.69 Å². The van der Waals surface area contributed by atoms with E-state index < -0.39 is 0 Å². The lowest BCUT2D eigenvalue weighted by Gasteiger charge is -2.11. The summed E-state index contributed by atoms with van der Waals surface area (Å²) in [4.78, 5) is 16.4. The molecule has 64 valence electrons. The Bertz CT molecular complexity index is 271. The maximum atomic E-state index is 10.2. The first-order chi connectivity index (χ1) is 5.74. The molecule has 1 heterocycles. The molecule has 0 unspecified atom stereocenters. The van der Waals surface area contributed by atoms with Crippen LogP contribution in [0.4, 0.5) is 5.82 Å². The van der Waals surface area contributed by atoms with Gasteiger partial charge >= 0.3 is 0 Å². The summed E-state index contributed by atoms with van der Waals surface area (Å²) in [6.45, 7) is 0. The predicted octanol–water partition coefficient (Wildman–Crippen LogP) is 0.889. The fourth-order valence-corrected chi connectivity index (χ4v) is 0.915. The van der Waals surface area contributed by atoms with E-state index in [2.05, 4.69) is 4.98 Å². The summed E-state index contributed by atoms with van der Waals surface area (Å²) in [6.07, 6.45) is 1.25. The topological polar surface area (TPSA) is 33.2 Å². The second kappa shape index (κ2) is 3.85. The minimum absolute atomic E-state index is 0.391. The largest absolute Gasteiger partial charge is 0.363 e. The molecular weight excluding hydrogens is 152 g/mol. The monoisotopic (exact) mass is 164 g/mol. The van der Waals surface area contributed by atoms with Crippen LogP contribution in [0.2, 0.25) is 0 Å². The van der Waals surface area contributed by atoms with Crippen molar-refractivity contribution in [3.05, 3.63) is 23.9 Å². The summed E-state index contributed by atoms with van der Waals surface area (Å²) >= 11 is 0. The lowest BCUT2D eigenvalue weighted by atomic mass is 10.3. The van der Waals surface area contributed by atoms with Gasteiger partial charge in [0, 0.05) is 26.2 Å². The summed E-state index contributed by atoms with van der Waals surface area (Å²) in [7, 11) is 3.85. The third-order valence-electron chi connectivity index (χ3n) is 1.54. The molecule has 1 aromatic rings. The molecule has 3 heteroatoms. The van der Waals surface area contributed by atoms with Crippen molar-refractivity contribution in [1.82, 2.24) is 4.98 Å². The van der Waals surface area contributed by atoms with E-state index in [4.69, 9.17) is 0 Å². The first-order valence-corrected chi connectivity index (χ1v) is 3.81. The Morgan fingerprint density at radius 1 is 1.50 bits per heavy atom. The van der Waals surface area contributed by atoms with E-state index in [1.54, 1.807) is 0 Å². The van der Waals surface area contributed by atoms with E-state index in [0.717, 1.165) is 17.8 Å². The molecule has 3 nitrogen and oxygen atoms in total. The Morgan fingerprint density at radius 3 is 2.83 bits per heavy atom. The van der Waals surface area contributed by atoms with Crippen molar-refractivity contribution in [2.24, 2.45) is 0 Å². The van der Waals surface area contributed by atoms with Crippen molar-refractivity contribution in [1.29, 1.82) is 0 Å². The summed E-state index contributed by atoms with van der Waals surface area (Å²) in [5.41, 5.74) is 0.816. The summed E-state index contributed by atoms with van der Waals surface area (Å²) < 4.78 is 0. The molecular formula is C9H12N2O. The van der Waals surface area contributed by atoms with Crippen LogP contribution in [-0.2, 0) is 11.2 Å². The highest BCUT2D eigenvalue weighted by molar-refractivity contribution is 5.54. The second-order valence-electron chi connectivity index (χ2n) is 2.75. The highest BCUT2D eigenvalue weighted by Gasteiger charge is 1.97. The van der Waals surface area contributed by atoms with Crippen LogP contribution in [-0.4, -0.2) is 25.4 Å². The number of carbonyl (C=O) groups excluding carboxylic acids is 1. The Labute approximate surface area is 72.0 Å². The number of hydrogen-bond acceptors (Lipinski definition) is 3. The number of pyridine rings is 1. The molecule has 1 rings (SSSR count). The molecule has 1 aromatic heterocycles. The fourth-order valence-electron chi connectivity index (χ4n) is 0.915. The minimum atomic E-state index is 0.391. The number of nitrogens with zero attached hydrogens (tertiary/aromatic N) is 2. The quantitative estimate of drug-likeness (QED) is 0.622. The van der Waals surface area contributed by atoms with Crippen LogP contribution >= 0.6 is 0 Å². The lowest BCUT2D eigenvalue weighted by molar-refractivity contribution is -0.107. The van der Waals surface area contributed by atoms with Crippen LogP contribution in [0.5, 0.6) is 0 Å². The van der Waals surface area contributed by atoms with E-state index in [-0.39, 0.29) is 0 Å². The highest BCUT2D eigenvalue weighted by Crippen LogP contribution is 2.07. The number of aldehydes is 1. The van der Waals surface area contributed by atoms with Gasteiger partial charge in [-0.3, -0.25) is 0 Å². The third-order valence-corrected chi connectivity index (χ3v) is 1.54. The third kappa shape index (κ3) is 2.05. The Balaban J connectivity index is 2.87. The van der Waals surface area contributed by atoms with Crippen LogP contribution < -0.4 is 4.90 Å². The van der Waals surface area contributed by atoms with Gasteiger partial charge in [-0.05, 0) is 12.1 Å². The van der Waals surface area contributed by atoms with Gasteiger partial charge in [0.15, 0.2) is 0 Å². The zero-order valence-electron chi connectivity index (χ0n) is 7.32. The van der Waals surface area contributed by atoms with Crippen molar-refractivity contribution >= 4 is 12.1 Å². The number of hydrogen-bond donors (Lipinski definition) is 0. The molecule has 0 N–H and O–H groups in total. The van der Waals surface area contributed by atoms with Gasteiger partial charge in [-0.1, -0.05) is 6.07 Å². The Morgan fingerprint density at radius 2 is 2.25 bits per heavy atom. The van der Waals surface area contributed by atoms with Gasteiger partial charge in [-0.15, -0.1) is 0 Å². The van der Waals surface area contributed by atoms with Crippen LogP contribution in [0, 0.1) is 0 Å². The molecule has 0 saturated heterocycles. The van der Waals surface area contributed by atoms with Crippen molar-refractivity contribution in [3.63, 3.8) is 0 Å². The molecule has 0 aliphatic rings. The van der Waals surface area contributed by atoms with E-state index in [1.807, 2.05) is 37.2 Å². The normalized spacial score (nSPS) is 9.50. The maximum Gasteiger partial charge on any atom is 0.128 e. The molecule has 0 saturated carbocycles. The van der Waals surface area contributed by atoms with Crippen molar-refractivity contribution < 1.29 is 4.79 Å². The molecule has 0 bridgehead atoms. The molecule has 0 amide bonds. The number of carbonyl (C=O) groups is 1. The van der Waals surface area contributed by atoms with Gasteiger partial charge in [0.1, 0.15) is 12.1 Å². The van der Waals surface area contributed by atoms with Crippen molar-refractivity contribution in [3.8, 4) is 0 Å². The zero-order valence-corrected chi connectivity index (χ0v) is 7.32. The summed E-state index contributed by atoms with van der Waals surface area (Å²) in [6, 6.07) is 5.66. The number of anilines is 1. The predicted molar refractivity (Wildman–Crippen MR) is 48.3 cm³/mol. The van der Waals surface area contributed by atoms with Gasteiger partial charge in [-0.25, -0.2) is 4.98 Å². The lowest BCUT2D eigenvalue weighted by Crippen LogP contribution is -2.11. The molecule has 12 heavy (non-hydrogen) atoms. The second-order valence-corrected chi connectivity index (χ2v) is 2.75. The smallest absolute Gasteiger partial charge is 0.128 e. The standard InChI is InChI=1S/C9H12N2O/c1-11(2)9-5-3-4-8(10-9)6-7-12/h3-5,7H,6H2,1-2H3. The number of rotatable bonds is 3. The average molecular weight is 164 g/mol. The van der Waals surface area contributed by atoms with Gasteiger partial charge in [0.05, 0.1) is 0 Å². The van der Waals surface area contributed by atoms with Gasteiger partial charge in [0.25, 0.3) is 0 Å². The average Bonchev–Trinajstić information content (AvgIpc) is 2.05. The van der Waals surface area contributed by atoms with E-state index in [0.29, 0.717) is 6.42 Å². The molecule has 0 radical (unpaired) electrons. The number of aromatic nitrogens is 1. The Hall–Kier alpha value is -1.38. The fraction of sp³-hybridized carbons (Fsp3) is 0.333. The van der Waals surface area contributed by atoms with Crippen LogP contribution in [0.15, 0.2) is 18.2 Å². The molecule has 0 aliphatic heterocycles. The molecule has 0 aromatic carbocycles. The molecule has 0 aliphatic carbocycles. The zero-order chi connectivity index (χ0) is 8.97. The van der Waals surface area contributed by atoms with E-state index >= 15 is 0 Å². The van der Waals surface area contributed by atoms with Crippen molar-refractivity contribution in [2.45, 2.75) is 6.42 Å². The van der Waals surface area contributed by atoms with Gasteiger partial charge in [0.2, 0.25) is 0 Å². The van der Waals surface area contributed by atoms with Crippen LogP contribution in [0.25, 0.3) is 0 Å². The van der Waals surface area contributed by atoms with Crippen molar-refractivity contribution in [2.75, 3.05) is 19.0 Å². The van der Waals surface area contributed by atoms with E-state index in [9.17, 15) is 4.79 Å². The summed E-state index contributed by atoms with van der Waals surface area (Å²) in [5.74, 6) is 0.884. The highest BCUT2D eigenvalue weighted by atomic mass is 16.1. The summed E-state index contributed by atoms with van der Waals surface area (Å²) in [5, 5.41) is 0. The SMILES string of the molecule is CN(C)c1cccc(CC=O)n1. The van der Waals surface area contributed by atoms with Crippen LogP contribution in [0.3, 0.4) is 0 Å². The molecule has 0 fully saturated rings. The Kier molecular flexibility index (Phi) is 2.80. The minimum Gasteiger partial charge on any atom is -0.363 e. The molecule has 0 atom stereocenters. The van der Waals surface area contributed by atoms with Gasteiger partial charge in [-0.2, -0.15) is 0 Å². The first-order valence-electron chi connectivity index (χ1n) is 3.81. The molecule has 0 spiro atoms. The maximum absolute atomic E-state index is 10.2. The van der Waals surface area contributed by atoms with Gasteiger partial charge < -0.3 is 9.69 Å².